The highest BCUT2D eigenvalue weighted by Gasteiger charge is 2.15. The van der Waals surface area contributed by atoms with Gasteiger partial charge in [-0.15, -0.1) is 0 Å². The number of nitrogens with one attached hydrogen (secondary N) is 3. The summed E-state index contributed by atoms with van der Waals surface area (Å²) < 4.78 is 25.5. The highest BCUT2D eigenvalue weighted by Crippen LogP contribution is 2.11. The molecule has 0 aliphatic rings. The summed E-state index contributed by atoms with van der Waals surface area (Å²) in [6.07, 6.45) is 3.66. The van der Waals surface area contributed by atoms with Crippen molar-refractivity contribution in [1.29, 1.82) is 0 Å². The Balaban J connectivity index is 2.63. The van der Waals surface area contributed by atoms with Crippen LogP contribution in [0.1, 0.15) is 32.8 Å². The van der Waals surface area contributed by atoms with Crippen LogP contribution < -0.4 is 15.4 Å². The average molecular weight is 367 g/mol. The minimum Gasteiger partial charge on any atom is -0.352 e. The van der Waals surface area contributed by atoms with Gasteiger partial charge in [-0.3, -0.25) is 9.59 Å². The maximum Gasteiger partial charge on any atom is 0.244 e. The van der Waals surface area contributed by atoms with Crippen LogP contribution in [0.15, 0.2) is 35.2 Å². The van der Waals surface area contributed by atoms with Crippen molar-refractivity contribution in [2.45, 2.75) is 44.2 Å². The van der Waals surface area contributed by atoms with E-state index in [0.29, 0.717) is 5.56 Å². The predicted octanol–water partition coefficient (Wildman–Crippen LogP) is 1.03. The summed E-state index contributed by atoms with van der Waals surface area (Å²) in [5.74, 6) is -0.642. The molecule has 0 saturated heterocycles. The highest BCUT2D eigenvalue weighted by atomic mass is 32.2. The fourth-order valence-corrected chi connectivity index (χ4v) is 2.57. The zero-order valence-electron chi connectivity index (χ0n) is 14.9. The van der Waals surface area contributed by atoms with E-state index in [9.17, 15) is 18.0 Å². The molecular formula is C17H25N3O4S. The van der Waals surface area contributed by atoms with E-state index in [2.05, 4.69) is 15.4 Å². The van der Waals surface area contributed by atoms with Crippen molar-refractivity contribution in [3.8, 4) is 0 Å². The second-order valence-electron chi connectivity index (χ2n) is 5.66. The summed E-state index contributed by atoms with van der Waals surface area (Å²) in [6, 6.07) is 5.49. The third-order valence-corrected chi connectivity index (χ3v) is 5.07. The van der Waals surface area contributed by atoms with Gasteiger partial charge in [-0.25, -0.2) is 13.1 Å². The number of hydrogen-bond acceptors (Lipinski definition) is 4. The van der Waals surface area contributed by atoms with Gasteiger partial charge in [0.2, 0.25) is 21.8 Å². The molecule has 1 aromatic rings. The average Bonchev–Trinajstić information content (AvgIpc) is 2.60. The van der Waals surface area contributed by atoms with Crippen LogP contribution in [0, 0.1) is 0 Å². The first-order chi connectivity index (χ1) is 11.7. The van der Waals surface area contributed by atoms with Gasteiger partial charge in [0.25, 0.3) is 0 Å². The van der Waals surface area contributed by atoms with Gasteiger partial charge in [0.1, 0.15) is 6.04 Å². The lowest BCUT2D eigenvalue weighted by Crippen LogP contribution is -2.46. The van der Waals surface area contributed by atoms with E-state index in [1.807, 2.05) is 13.8 Å². The SMILES string of the molecule is CCC(C)NC(=O)C(C)NC(=O)/C=C/c1ccc(S(=O)(=O)NC)cc1. The molecule has 138 valence electrons. The number of benzene rings is 1. The second kappa shape index (κ2) is 9.33. The number of sulfonamides is 1. The maximum atomic E-state index is 11.9. The van der Waals surface area contributed by atoms with E-state index in [4.69, 9.17) is 0 Å². The molecule has 0 saturated carbocycles. The van der Waals surface area contributed by atoms with Gasteiger partial charge in [0.05, 0.1) is 4.90 Å². The Labute approximate surface area is 148 Å². The first-order valence-corrected chi connectivity index (χ1v) is 9.50. The molecule has 0 aliphatic heterocycles. The number of carbonyl (C=O) groups is 2. The van der Waals surface area contributed by atoms with Gasteiger partial charge in [-0.1, -0.05) is 19.1 Å². The molecule has 2 amide bonds. The van der Waals surface area contributed by atoms with Crippen molar-refractivity contribution < 1.29 is 18.0 Å². The van der Waals surface area contributed by atoms with E-state index in [-0.39, 0.29) is 16.8 Å². The van der Waals surface area contributed by atoms with Crippen molar-refractivity contribution in [3.05, 3.63) is 35.9 Å². The Kier molecular flexibility index (Phi) is 7.79. The van der Waals surface area contributed by atoms with Crippen molar-refractivity contribution in [1.82, 2.24) is 15.4 Å². The molecule has 0 heterocycles. The van der Waals surface area contributed by atoms with Gasteiger partial charge in [-0.05, 0) is 51.1 Å². The van der Waals surface area contributed by atoms with Gasteiger partial charge in [0.15, 0.2) is 0 Å². The lowest BCUT2D eigenvalue weighted by atomic mass is 10.2. The summed E-state index contributed by atoms with van der Waals surface area (Å²) in [7, 11) is -2.14. The van der Waals surface area contributed by atoms with E-state index >= 15 is 0 Å². The van der Waals surface area contributed by atoms with Crippen molar-refractivity contribution in [3.63, 3.8) is 0 Å². The van der Waals surface area contributed by atoms with Crippen molar-refractivity contribution in [2.75, 3.05) is 7.05 Å². The number of hydrogen-bond donors (Lipinski definition) is 3. The Bertz CT molecular complexity index is 727. The smallest absolute Gasteiger partial charge is 0.244 e. The topological polar surface area (TPSA) is 104 Å². The van der Waals surface area contributed by atoms with Crippen LogP contribution in [-0.4, -0.2) is 39.4 Å². The van der Waals surface area contributed by atoms with Gasteiger partial charge < -0.3 is 10.6 Å². The molecule has 0 spiro atoms. The second-order valence-corrected chi connectivity index (χ2v) is 7.54. The molecule has 0 fully saturated rings. The zero-order valence-corrected chi connectivity index (χ0v) is 15.7. The third kappa shape index (κ3) is 6.67. The molecule has 2 atom stereocenters. The fourth-order valence-electron chi connectivity index (χ4n) is 1.84. The highest BCUT2D eigenvalue weighted by molar-refractivity contribution is 7.89. The zero-order chi connectivity index (χ0) is 19.0. The largest absolute Gasteiger partial charge is 0.352 e. The fraction of sp³-hybridized carbons (Fsp3) is 0.412. The molecule has 25 heavy (non-hydrogen) atoms. The first kappa shape index (κ1) is 20.9. The van der Waals surface area contributed by atoms with Crippen LogP contribution >= 0.6 is 0 Å². The van der Waals surface area contributed by atoms with Crippen LogP contribution in [0.25, 0.3) is 6.08 Å². The molecule has 8 heteroatoms. The molecule has 0 radical (unpaired) electrons. The third-order valence-electron chi connectivity index (χ3n) is 3.64. The molecule has 0 aromatic heterocycles. The van der Waals surface area contributed by atoms with Crippen LogP contribution in [0.5, 0.6) is 0 Å². The Morgan fingerprint density at radius 3 is 2.24 bits per heavy atom. The van der Waals surface area contributed by atoms with E-state index in [0.717, 1.165) is 6.42 Å². The van der Waals surface area contributed by atoms with Gasteiger partial charge in [-0.2, -0.15) is 0 Å². The van der Waals surface area contributed by atoms with Gasteiger partial charge >= 0.3 is 0 Å². The van der Waals surface area contributed by atoms with Gasteiger partial charge in [0, 0.05) is 12.1 Å². The lowest BCUT2D eigenvalue weighted by molar-refractivity contribution is -0.127. The summed E-state index contributed by atoms with van der Waals surface area (Å²) in [4.78, 5) is 23.9. The summed E-state index contributed by atoms with van der Waals surface area (Å²) in [5, 5.41) is 5.37. The normalized spacial score (nSPS) is 14.1. The van der Waals surface area contributed by atoms with E-state index in [1.54, 1.807) is 25.1 Å². The first-order valence-electron chi connectivity index (χ1n) is 8.02. The monoisotopic (exact) mass is 367 g/mol. The molecule has 0 aliphatic carbocycles. The predicted molar refractivity (Wildman–Crippen MR) is 97.2 cm³/mol. The standard InChI is InChI=1S/C17H25N3O4S/c1-5-12(2)19-17(22)13(3)20-16(21)11-8-14-6-9-15(10-7-14)25(23,24)18-4/h6-13,18H,5H2,1-4H3,(H,19,22)(H,20,21)/b11-8+. The minimum atomic E-state index is -3.48. The molecule has 2 unspecified atom stereocenters. The molecular weight excluding hydrogens is 342 g/mol. The number of rotatable bonds is 8. The van der Waals surface area contributed by atoms with E-state index < -0.39 is 22.0 Å². The Hall–Kier alpha value is -2.19. The van der Waals surface area contributed by atoms with Crippen molar-refractivity contribution >= 4 is 27.9 Å². The quantitative estimate of drug-likeness (QED) is 0.597. The lowest BCUT2D eigenvalue weighted by Gasteiger charge is -2.16. The molecule has 0 bridgehead atoms. The maximum absolute atomic E-state index is 11.9. The molecule has 7 nitrogen and oxygen atoms in total. The van der Waals surface area contributed by atoms with Crippen LogP contribution in [0.4, 0.5) is 0 Å². The molecule has 1 rings (SSSR count). The Morgan fingerprint density at radius 1 is 1.12 bits per heavy atom. The number of amides is 2. The molecule has 1 aromatic carbocycles. The summed E-state index contributed by atoms with van der Waals surface area (Å²) in [6.45, 7) is 5.47. The Morgan fingerprint density at radius 2 is 1.72 bits per heavy atom. The molecule has 3 N–H and O–H groups in total. The minimum absolute atomic E-state index is 0.0507. The van der Waals surface area contributed by atoms with Crippen molar-refractivity contribution in [2.24, 2.45) is 0 Å². The van der Waals surface area contributed by atoms with Crippen LogP contribution in [-0.2, 0) is 19.6 Å². The van der Waals surface area contributed by atoms with E-state index in [1.165, 1.54) is 25.3 Å². The summed E-state index contributed by atoms with van der Waals surface area (Å²) in [5.41, 5.74) is 0.668. The van der Waals surface area contributed by atoms with Crippen LogP contribution in [0.2, 0.25) is 0 Å². The summed E-state index contributed by atoms with van der Waals surface area (Å²) >= 11 is 0. The van der Waals surface area contributed by atoms with Crippen LogP contribution in [0.3, 0.4) is 0 Å². The number of carbonyl (C=O) groups excluding carboxylic acids is 2.